The molecule has 0 radical (unpaired) electrons. The molecule has 1 heterocycles. The number of hydrogen-bond donors (Lipinski definition) is 0. The van der Waals surface area contributed by atoms with Crippen LogP contribution in [0.1, 0.15) is 45.6 Å². The van der Waals surface area contributed by atoms with Crippen molar-refractivity contribution in [3.8, 4) is 0 Å². The van der Waals surface area contributed by atoms with Gasteiger partial charge >= 0.3 is 12.1 Å². The fourth-order valence-corrected chi connectivity index (χ4v) is 3.48. The zero-order valence-electron chi connectivity index (χ0n) is 17.8. The summed E-state index contributed by atoms with van der Waals surface area (Å²) in [6.45, 7) is 5.60. The fourth-order valence-electron chi connectivity index (χ4n) is 3.48. The number of nitrogens with zero attached hydrogens (tertiary/aromatic N) is 1. The van der Waals surface area contributed by atoms with Gasteiger partial charge in [0.05, 0.1) is 25.9 Å². The molecule has 1 aliphatic heterocycles. The summed E-state index contributed by atoms with van der Waals surface area (Å²) in [5, 5.41) is 0. The van der Waals surface area contributed by atoms with Crippen LogP contribution in [-0.4, -0.2) is 59.9 Å². The molecule has 164 valence electrons. The van der Waals surface area contributed by atoms with Gasteiger partial charge in [-0.15, -0.1) is 0 Å². The Kier molecular flexibility index (Phi) is 6.77. The summed E-state index contributed by atoms with van der Waals surface area (Å²) in [5.74, 6) is -1.24. The Morgan fingerprint density at radius 2 is 1.73 bits per heavy atom. The van der Waals surface area contributed by atoms with E-state index < -0.39 is 35.7 Å². The van der Waals surface area contributed by atoms with Crippen LogP contribution in [0.4, 0.5) is 4.79 Å². The highest BCUT2D eigenvalue weighted by molar-refractivity contribution is 6.01. The van der Waals surface area contributed by atoms with Crippen LogP contribution in [0, 0.1) is 0 Å². The van der Waals surface area contributed by atoms with Gasteiger partial charge < -0.3 is 18.9 Å². The lowest BCUT2D eigenvalue weighted by atomic mass is 9.91. The number of rotatable bonds is 6. The van der Waals surface area contributed by atoms with Crippen LogP contribution in [0.3, 0.4) is 0 Å². The Morgan fingerprint density at radius 1 is 1.07 bits per heavy atom. The minimum atomic E-state index is -1.05. The van der Waals surface area contributed by atoms with Gasteiger partial charge in [-0.3, -0.25) is 4.79 Å². The molecule has 2 unspecified atom stereocenters. The van der Waals surface area contributed by atoms with Crippen LogP contribution in [0.15, 0.2) is 30.3 Å². The van der Waals surface area contributed by atoms with Crippen molar-refractivity contribution in [3.05, 3.63) is 35.9 Å². The number of esters is 1. The number of benzene rings is 1. The molecule has 30 heavy (non-hydrogen) atoms. The summed E-state index contributed by atoms with van der Waals surface area (Å²) in [6, 6.07) is 8.84. The van der Waals surface area contributed by atoms with Gasteiger partial charge in [-0.25, -0.2) is 14.5 Å². The molecular formula is C22H29NO7. The van der Waals surface area contributed by atoms with E-state index in [1.54, 1.807) is 20.8 Å². The van der Waals surface area contributed by atoms with Gasteiger partial charge in [0.15, 0.2) is 0 Å². The molecule has 1 aromatic rings. The van der Waals surface area contributed by atoms with E-state index in [0.29, 0.717) is 19.4 Å². The molecule has 0 bridgehead atoms. The first-order chi connectivity index (χ1) is 14.2. The van der Waals surface area contributed by atoms with E-state index in [0.717, 1.165) is 10.5 Å². The molecule has 8 heteroatoms. The third-order valence-corrected chi connectivity index (χ3v) is 5.06. The van der Waals surface area contributed by atoms with Crippen molar-refractivity contribution in [1.29, 1.82) is 0 Å². The van der Waals surface area contributed by atoms with Gasteiger partial charge in [0.1, 0.15) is 17.7 Å². The molecule has 8 nitrogen and oxygen atoms in total. The van der Waals surface area contributed by atoms with Crippen molar-refractivity contribution in [1.82, 2.24) is 4.90 Å². The Hall–Kier alpha value is -2.45. The van der Waals surface area contributed by atoms with Gasteiger partial charge in [0.2, 0.25) is 0 Å². The zero-order valence-corrected chi connectivity index (χ0v) is 17.8. The molecule has 1 saturated heterocycles. The van der Waals surface area contributed by atoms with Gasteiger partial charge in [0, 0.05) is 19.3 Å². The minimum absolute atomic E-state index is 0.0524. The summed E-state index contributed by atoms with van der Waals surface area (Å²) in [4.78, 5) is 38.2. The monoisotopic (exact) mass is 419 g/mol. The van der Waals surface area contributed by atoms with E-state index in [-0.39, 0.29) is 18.6 Å². The smallest absolute Gasteiger partial charge is 0.417 e. The lowest BCUT2D eigenvalue weighted by Crippen LogP contribution is -2.47. The average molecular weight is 419 g/mol. The first-order valence-electron chi connectivity index (χ1n) is 10.1. The maximum absolute atomic E-state index is 12.8. The van der Waals surface area contributed by atoms with Crippen LogP contribution in [0.5, 0.6) is 0 Å². The fraction of sp³-hybridized carbons (Fsp3) is 0.591. The molecule has 3 rings (SSSR count). The molecule has 2 atom stereocenters. The average Bonchev–Trinajstić information content (AvgIpc) is 2.98. The first kappa shape index (κ1) is 22.2. The second kappa shape index (κ2) is 9.14. The summed E-state index contributed by atoms with van der Waals surface area (Å²) in [7, 11) is 1.22. The second-order valence-electron chi connectivity index (χ2n) is 8.60. The van der Waals surface area contributed by atoms with E-state index in [9.17, 15) is 14.4 Å². The molecule has 0 spiro atoms. The van der Waals surface area contributed by atoms with E-state index in [2.05, 4.69) is 0 Å². The predicted octanol–water partition coefficient (Wildman–Crippen LogP) is 2.83. The maximum atomic E-state index is 12.8. The largest absolute Gasteiger partial charge is 0.467 e. The van der Waals surface area contributed by atoms with Gasteiger partial charge in [-0.05, 0) is 26.3 Å². The summed E-state index contributed by atoms with van der Waals surface area (Å²) < 4.78 is 21.8. The molecule has 2 amide bonds. The van der Waals surface area contributed by atoms with Crippen molar-refractivity contribution < 1.29 is 33.3 Å². The Balaban J connectivity index is 1.53. The molecule has 0 N–H and O–H groups in total. The number of carbonyl (C=O) groups is 3. The SMILES string of the molecule is COC(=O)C1CC(OC2CC(OCc3ccccc3)C2)C(=O)N1C(=O)OC(C)(C)C. The van der Waals surface area contributed by atoms with Crippen LogP contribution in [0.2, 0.25) is 0 Å². The van der Waals surface area contributed by atoms with Crippen LogP contribution >= 0.6 is 0 Å². The topological polar surface area (TPSA) is 91.4 Å². The molecule has 0 aromatic heterocycles. The Labute approximate surface area is 176 Å². The number of carbonyl (C=O) groups excluding carboxylic acids is 3. The second-order valence-corrected chi connectivity index (χ2v) is 8.60. The number of methoxy groups -OCH3 is 1. The van der Waals surface area contributed by atoms with Gasteiger partial charge in [-0.2, -0.15) is 0 Å². The molecular weight excluding hydrogens is 390 g/mol. The quantitative estimate of drug-likeness (QED) is 0.655. The summed E-state index contributed by atoms with van der Waals surface area (Å²) in [6.07, 6.45) is -0.482. The Morgan fingerprint density at radius 3 is 2.33 bits per heavy atom. The summed E-state index contributed by atoms with van der Waals surface area (Å²) >= 11 is 0. The van der Waals surface area contributed by atoms with Crippen LogP contribution in [-0.2, 0) is 35.1 Å². The van der Waals surface area contributed by atoms with E-state index in [1.165, 1.54) is 7.11 Å². The lowest BCUT2D eigenvalue weighted by molar-refractivity contribution is -0.155. The van der Waals surface area contributed by atoms with Crippen molar-refractivity contribution in [2.45, 2.75) is 76.6 Å². The lowest BCUT2D eigenvalue weighted by Gasteiger charge is -2.36. The van der Waals surface area contributed by atoms with E-state index in [1.807, 2.05) is 30.3 Å². The third-order valence-electron chi connectivity index (χ3n) is 5.06. The van der Waals surface area contributed by atoms with E-state index >= 15 is 0 Å². The molecule has 2 aliphatic rings. The van der Waals surface area contributed by atoms with Crippen molar-refractivity contribution in [2.75, 3.05) is 7.11 Å². The number of ether oxygens (including phenoxy) is 4. The highest BCUT2D eigenvalue weighted by atomic mass is 16.6. The number of imide groups is 1. The molecule has 1 aliphatic carbocycles. The Bertz CT molecular complexity index is 767. The molecule has 1 aromatic carbocycles. The van der Waals surface area contributed by atoms with Crippen molar-refractivity contribution >= 4 is 18.0 Å². The highest BCUT2D eigenvalue weighted by Crippen LogP contribution is 2.32. The van der Waals surface area contributed by atoms with Crippen molar-refractivity contribution in [2.24, 2.45) is 0 Å². The van der Waals surface area contributed by atoms with Crippen LogP contribution < -0.4 is 0 Å². The summed E-state index contributed by atoms with van der Waals surface area (Å²) in [5.41, 5.74) is 0.301. The highest BCUT2D eigenvalue weighted by Gasteiger charge is 2.50. The molecule has 2 fully saturated rings. The minimum Gasteiger partial charge on any atom is -0.467 e. The maximum Gasteiger partial charge on any atom is 0.417 e. The molecule has 1 saturated carbocycles. The standard InChI is InChI=1S/C22H29NO7/c1-22(2,3)30-21(26)23-17(20(25)27-4)12-18(19(23)24)29-16-10-15(11-16)28-13-14-8-6-5-7-9-14/h5-9,15-18H,10-13H2,1-4H3. The number of likely N-dealkylation sites (tertiary alicyclic amines) is 1. The van der Waals surface area contributed by atoms with E-state index in [4.69, 9.17) is 18.9 Å². The van der Waals surface area contributed by atoms with Crippen molar-refractivity contribution in [3.63, 3.8) is 0 Å². The number of hydrogen-bond acceptors (Lipinski definition) is 7. The van der Waals surface area contributed by atoms with Crippen LogP contribution in [0.25, 0.3) is 0 Å². The third kappa shape index (κ3) is 5.37. The first-order valence-corrected chi connectivity index (χ1v) is 10.1. The predicted molar refractivity (Wildman–Crippen MR) is 106 cm³/mol. The number of amides is 2. The normalized spacial score (nSPS) is 26.3. The zero-order chi connectivity index (χ0) is 21.9. The van der Waals surface area contributed by atoms with Gasteiger partial charge in [-0.1, -0.05) is 30.3 Å². The van der Waals surface area contributed by atoms with Gasteiger partial charge in [0.25, 0.3) is 5.91 Å².